The van der Waals surface area contributed by atoms with Gasteiger partial charge in [-0.15, -0.1) is 0 Å². The summed E-state index contributed by atoms with van der Waals surface area (Å²) in [6.45, 7) is 4.54. The molecule has 2 heteroatoms. The van der Waals surface area contributed by atoms with Crippen molar-refractivity contribution < 1.29 is 0 Å². The fourth-order valence-corrected chi connectivity index (χ4v) is 3.06. The normalized spacial score (nSPS) is 28.7. The van der Waals surface area contributed by atoms with E-state index in [0.717, 1.165) is 5.52 Å². The van der Waals surface area contributed by atoms with Crippen molar-refractivity contribution in [3.63, 3.8) is 0 Å². The van der Waals surface area contributed by atoms with Crippen molar-refractivity contribution in [3.05, 3.63) is 42.1 Å². The monoisotopic (exact) mass is 226 g/mol. The van der Waals surface area contributed by atoms with Crippen LogP contribution in [0.2, 0.25) is 0 Å². The average Bonchev–Trinajstić information content (AvgIpc) is 2.68. The topological polar surface area (TPSA) is 24.9 Å². The molecule has 0 aliphatic carbocycles. The Morgan fingerprint density at radius 1 is 1.18 bits per heavy atom. The van der Waals surface area contributed by atoms with Gasteiger partial charge >= 0.3 is 0 Å². The van der Waals surface area contributed by atoms with Crippen molar-refractivity contribution in [1.29, 1.82) is 0 Å². The maximum atomic E-state index is 4.44. The molecule has 3 rings (SSSR count). The van der Waals surface area contributed by atoms with Gasteiger partial charge in [-0.25, -0.2) is 0 Å². The predicted molar refractivity (Wildman–Crippen MR) is 71.2 cm³/mol. The van der Waals surface area contributed by atoms with E-state index in [9.17, 15) is 0 Å². The van der Waals surface area contributed by atoms with Gasteiger partial charge in [0, 0.05) is 29.6 Å². The number of pyridine rings is 1. The highest BCUT2D eigenvalue weighted by Gasteiger charge is 2.30. The van der Waals surface area contributed by atoms with Crippen LogP contribution < -0.4 is 5.32 Å². The number of aromatic nitrogens is 1. The molecule has 1 aromatic carbocycles. The minimum absolute atomic E-state index is 0.552. The molecule has 2 heterocycles. The van der Waals surface area contributed by atoms with E-state index in [1.165, 1.54) is 17.4 Å². The fourth-order valence-electron chi connectivity index (χ4n) is 3.06. The molecular formula is C15H18N2. The second-order valence-corrected chi connectivity index (χ2v) is 5.12. The highest BCUT2D eigenvalue weighted by atomic mass is 15.0. The minimum atomic E-state index is 0.552. The third kappa shape index (κ3) is 1.83. The third-order valence-corrected chi connectivity index (χ3v) is 3.84. The first kappa shape index (κ1) is 10.7. The molecule has 1 aliphatic rings. The van der Waals surface area contributed by atoms with Crippen LogP contribution in [0.3, 0.4) is 0 Å². The van der Waals surface area contributed by atoms with Gasteiger partial charge in [0.05, 0.1) is 5.52 Å². The van der Waals surface area contributed by atoms with E-state index >= 15 is 0 Å². The first-order valence-corrected chi connectivity index (χ1v) is 6.35. The summed E-state index contributed by atoms with van der Waals surface area (Å²) in [6.07, 6.45) is 3.16. The van der Waals surface area contributed by atoms with Crippen molar-refractivity contribution in [2.24, 2.45) is 0 Å². The van der Waals surface area contributed by atoms with E-state index < -0.39 is 0 Å². The van der Waals surface area contributed by atoms with Crippen LogP contribution in [0.5, 0.6) is 0 Å². The number of para-hydroxylation sites is 1. The van der Waals surface area contributed by atoms with Crippen molar-refractivity contribution in [1.82, 2.24) is 10.3 Å². The molecule has 2 nitrogen and oxygen atoms in total. The summed E-state index contributed by atoms with van der Waals surface area (Å²) >= 11 is 0. The minimum Gasteiger partial charge on any atom is -0.311 e. The van der Waals surface area contributed by atoms with Gasteiger partial charge in [0.15, 0.2) is 0 Å². The Morgan fingerprint density at radius 2 is 2.00 bits per heavy atom. The number of rotatable bonds is 1. The summed E-state index contributed by atoms with van der Waals surface area (Å²) in [5, 5.41) is 4.92. The maximum Gasteiger partial charge on any atom is 0.0704 e. The summed E-state index contributed by atoms with van der Waals surface area (Å²) in [5.41, 5.74) is 2.55. The Kier molecular flexibility index (Phi) is 2.60. The summed E-state index contributed by atoms with van der Waals surface area (Å²) in [7, 11) is 0. The molecule has 0 amide bonds. The molecule has 1 N–H and O–H groups in total. The van der Waals surface area contributed by atoms with E-state index in [0.29, 0.717) is 18.0 Å². The summed E-state index contributed by atoms with van der Waals surface area (Å²) < 4.78 is 0. The molecule has 0 bridgehead atoms. The SMILES string of the molecule is CC1CC(c2ccnc3ccccc23)C(C)N1. The van der Waals surface area contributed by atoms with Crippen LogP contribution in [0.1, 0.15) is 31.7 Å². The lowest BCUT2D eigenvalue weighted by molar-refractivity contribution is 0.576. The van der Waals surface area contributed by atoms with Crippen LogP contribution in [0, 0.1) is 0 Å². The molecule has 1 fully saturated rings. The van der Waals surface area contributed by atoms with Gasteiger partial charge in [0.1, 0.15) is 0 Å². The van der Waals surface area contributed by atoms with E-state index in [4.69, 9.17) is 0 Å². The predicted octanol–water partition coefficient (Wildman–Crippen LogP) is 3.09. The molecule has 0 saturated carbocycles. The molecule has 0 spiro atoms. The van der Waals surface area contributed by atoms with E-state index in [-0.39, 0.29) is 0 Å². The zero-order valence-electron chi connectivity index (χ0n) is 10.4. The van der Waals surface area contributed by atoms with Crippen molar-refractivity contribution in [2.45, 2.75) is 38.3 Å². The second-order valence-electron chi connectivity index (χ2n) is 5.12. The van der Waals surface area contributed by atoms with Crippen LogP contribution >= 0.6 is 0 Å². The Morgan fingerprint density at radius 3 is 2.76 bits per heavy atom. The molecular weight excluding hydrogens is 208 g/mol. The molecule has 17 heavy (non-hydrogen) atoms. The van der Waals surface area contributed by atoms with E-state index in [1.807, 2.05) is 6.20 Å². The summed E-state index contributed by atoms with van der Waals surface area (Å²) in [6, 6.07) is 11.8. The van der Waals surface area contributed by atoms with Gasteiger partial charge in [-0.2, -0.15) is 0 Å². The third-order valence-electron chi connectivity index (χ3n) is 3.84. The smallest absolute Gasteiger partial charge is 0.0704 e. The average molecular weight is 226 g/mol. The van der Waals surface area contributed by atoms with Gasteiger partial charge in [-0.3, -0.25) is 4.98 Å². The lowest BCUT2D eigenvalue weighted by Gasteiger charge is -2.17. The van der Waals surface area contributed by atoms with E-state index in [2.05, 4.69) is 54.5 Å². The van der Waals surface area contributed by atoms with Crippen LogP contribution in [0.25, 0.3) is 10.9 Å². The van der Waals surface area contributed by atoms with E-state index in [1.54, 1.807) is 0 Å². The summed E-state index contributed by atoms with van der Waals surface area (Å²) in [4.78, 5) is 4.44. The highest BCUT2D eigenvalue weighted by molar-refractivity contribution is 5.82. The molecule has 1 aliphatic heterocycles. The van der Waals surface area contributed by atoms with Crippen LogP contribution in [-0.2, 0) is 0 Å². The molecule has 1 saturated heterocycles. The molecule has 0 radical (unpaired) electrons. The number of nitrogens with zero attached hydrogens (tertiary/aromatic N) is 1. The zero-order valence-corrected chi connectivity index (χ0v) is 10.4. The number of fused-ring (bicyclic) bond motifs is 1. The second kappa shape index (κ2) is 4.11. The van der Waals surface area contributed by atoms with Crippen LogP contribution in [0.4, 0.5) is 0 Å². The zero-order chi connectivity index (χ0) is 11.8. The number of hydrogen-bond acceptors (Lipinski definition) is 2. The standard InChI is InChI=1S/C15H18N2/c1-10-9-14(11(2)17-10)12-7-8-16-15-6-4-3-5-13(12)15/h3-8,10-11,14,17H,9H2,1-2H3. The number of nitrogens with one attached hydrogen (secondary N) is 1. The molecule has 88 valence electrons. The molecule has 2 aromatic rings. The van der Waals surface area contributed by atoms with Crippen molar-refractivity contribution in [3.8, 4) is 0 Å². The first-order valence-electron chi connectivity index (χ1n) is 6.35. The quantitative estimate of drug-likeness (QED) is 0.808. The molecule has 1 aromatic heterocycles. The fraction of sp³-hybridized carbons (Fsp3) is 0.400. The highest BCUT2D eigenvalue weighted by Crippen LogP contribution is 2.34. The Hall–Kier alpha value is -1.41. The van der Waals surface area contributed by atoms with Gasteiger partial charge in [-0.05, 0) is 38.0 Å². The van der Waals surface area contributed by atoms with Gasteiger partial charge in [-0.1, -0.05) is 18.2 Å². The lowest BCUT2D eigenvalue weighted by atomic mass is 9.89. The Labute approximate surface area is 102 Å². The van der Waals surface area contributed by atoms with Crippen molar-refractivity contribution >= 4 is 10.9 Å². The number of benzene rings is 1. The number of hydrogen-bond donors (Lipinski definition) is 1. The largest absolute Gasteiger partial charge is 0.311 e. The molecule has 3 atom stereocenters. The maximum absolute atomic E-state index is 4.44. The Balaban J connectivity index is 2.11. The molecule has 3 unspecified atom stereocenters. The van der Waals surface area contributed by atoms with Crippen molar-refractivity contribution in [2.75, 3.05) is 0 Å². The summed E-state index contributed by atoms with van der Waals surface area (Å²) in [5.74, 6) is 0.609. The first-order chi connectivity index (χ1) is 8.25. The van der Waals surface area contributed by atoms with Gasteiger partial charge < -0.3 is 5.32 Å². The van der Waals surface area contributed by atoms with Gasteiger partial charge in [0.25, 0.3) is 0 Å². The van der Waals surface area contributed by atoms with Crippen LogP contribution in [-0.4, -0.2) is 17.1 Å². The Bertz CT molecular complexity index is 530. The van der Waals surface area contributed by atoms with Gasteiger partial charge in [0.2, 0.25) is 0 Å². The van der Waals surface area contributed by atoms with Crippen LogP contribution in [0.15, 0.2) is 36.5 Å². The lowest BCUT2D eigenvalue weighted by Crippen LogP contribution is -2.26.